The first-order chi connectivity index (χ1) is 15.0. The molecule has 1 aromatic carbocycles. The molecule has 1 aliphatic heterocycles. The lowest BCUT2D eigenvalue weighted by atomic mass is 10.0. The number of nitrogens with zero attached hydrogens (tertiary/aromatic N) is 5. The standard InChI is InChI=1S/C24H25N5O2/c1-16-4-7-18(8-5-16)19-9-10-20-23(25-26-29(20)14-19)21-15-28(13-12-27(21)3)24(30)22-11-6-17(2)31-22/h4-11,14,21H,12-13,15H2,1-3H3/t21-/m0/s1. The summed E-state index contributed by atoms with van der Waals surface area (Å²) in [5, 5.41) is 8.88. The van der Waals surface area contributed by atoms with Crippen LogP contribution in [0.3, 0.4) is 0 Å². The van der Waals surface area contributed by atoms with Crippen molar-refractivity contribution in [1.29, 1.82) is 0 Å². The molecule has 31 heavy (non-hydrogen) atoms. The number of piperazine rings is 1. The zero-order valence-electron chi connectivity index (χ0n) is 17.9. The summed E-state index contributed by atoms with van der Waals surface area (Å²) in [5.41, 5.74) is 5.30. The van der Waals surface area contributed by atoms with Crippen molar-refractivity contribution < 1.29 is 9.21 Å². The van der Waals surface area contributed by atoms with Crippen LogP contribution in [0.2, 0.25) is 0 Å². The van der Waals surface area contributed by atoms with Crippen LogP contribution >= 0.6 is 0 Å². The van der Waals surface area contributed by atoms with Gasteiger partial charge in [-0.05, 0) is 44.7 Å². The van der Waals surface area contributed by atoms with Crippen LogP contribution in [-0.4, -0.2) is 57.2 Å². The van der Waals surface area contributed by atoms with Crippen molar-refractivity contribution in [3.05, 3.63) is 77.5 Å². The number of aryl methyl sites for hydroxylation is 2. The van der Waals surface area contributed by atoms with Gasteiger partial charge in [0.25, 0.3) is 5.91 Å². The van der Waals surface area contributed by atoms with E-state index in [1.807, 2.05) is 28.6 Å². The highest BCUT2D eigenvalue weighted by Crippen LogP contribution is 2.28. The summed E-state index contributed by atoms with van der Waals surface area (Å²) in [6, 6.07) is 16.1. The van der Waals surface area contributed by atoms with E-state index in [2.05, 4.69) is 65.6 Å². The van der Waals surface area contributed by atoms with Crippen molar-refractivity contribution in [2.75, 3.05) is 26.7 Å². The molecule has 0 aliphatic carbocycles. The van der Waals surface area contributed by atoms with Crippen LogP contribution in [0, 0.1) is 13.8 Å². The average Bonchev–Trinajstić information content (AvgIpc) is 3.40. The Kier molecular flexibility index (Phi) is 4.82. The smallest absolute Gasteiger partial charge is 0.289 e. The number of rotatable bonds is 3. The van der Waals surface area contributed by atoms with E-state index in [0.29, 0.717) is 18.8 Å². The predicted octanol–water partition coefficient (Wildman–Crippen LogP) is 3.74. The molecule has 0 N–H and O–H groups in total. The van der Waals surface area contributed by atoms with Crippen LogP contribution in [-0.2, 0) is 0 Å². The van der Waals surface area contributed by atoms with Crippen LogP contribution in [0.5, 0.6) is 0 Å². The molecule has 1 atom stereocenters. The second-order valence-corrected chi connectivity index (χ2v) is 8.25. The Labute approximate surface area is 180 Å². The fourth-order valence-corrected chi connectivity index (χ4v) is 4.13. The Bertz CT molecular complexity index is 1240. The fraction of sp³-hybridized carbons (Fsp3) is 0.292. The number of hydrogen-bond donors (Lipinski definition) is 0. The molecule has 1 aliphatic rings. The van der Waals surface area contributed by atoms with E-state index < -0.39 is 0 Å². The number of hydrogen-bond acceptors (Lipinski definition) is 5. The summed E-state index contributed by atoms with van der Waals surface area (Å²) in [7, 11) is 2.06. The fourth-order valence-electron chi connectivity index (χ4n) is 4.13. The molecule has 3 aromatic heterocycles. The predicted molar refractivity (Wildman–Crippen MR) is 118 cm³/mol. The second-order valence-electron chi connectivity index (χ2n) is 8.25. The van der Waals surface area contributed by atoms with E-state index >= 15 is 0 Å². The molecule has 4 heterocycles. The highest BCUT2D eigenvalue weighted by molar-refractivity contribution is 5.91. The number of likely N-dealkylation sites (N-methyl/N-ethyl adjacent to an activating group) is 1. The normalized spacial score (nSPS) is 17.4. The first-order valence-electron chi connectivity index (χ1n) is 10.5. The van der Waals surface area contributed by atoms with Gasteiger partial charge in [-0.25, -0.2) is 4.52 Å². The van der Waals surface area contributed by atoms with E-state index in [1.165, 1.54) is 5.56 Å². The van der Waals surface area contributed by atoms with Crippen LogP contribution in [0.25, 0.3) is 16.6 Å². The third kappa shape index (κ3) is 3.61. The van der Waals surface area contributed by atoms with Gasteiger partial charge in [0.1, 0.15) is 11.5 Å². The molecule has 5 rings (SSSR count). The maximum atomic E-state index is 12.9. The number of pyridine rings is 1. The SMILES string of the molecule is Cc1ccc(-c2ccc3c([C@@H]4CN(C(=O)c5ccc(C)o5)CCN4C)nnn3c2)cc1. The number of amides is 1. The summed E-state index contributed by atoms with van der Waals surface area (Å²) >= 11 is 0. The molecule has 0 unspecified atom stereocenters. The molecule has 1 fully saturated rings. The van der Waals surface area contributed by atoms with Crippen LogP contribution < -0.4 is 0 Å². The van der Waals surface area contributed by atoms with Crippen LogP contribution in [0.15, 0.2) is 59.1 Å². The maximum absolute atomic E-state index is 12.9. The van der Waals surface area contributed by atoms with Gasteiger partial charge in [0.05, 0.1) is 11.6 Å². The van der Waals surface area contributed by atoms with Gasteiger partial charge in [-0.15, -0.1) is 5.10 Å². The van der Waals surface area contributed by atoms with Gasteiger partial charge in [-0.2, -0.15) is 0 Å². The summed E-state index contributed by atoms with van der Waals surface area (Å²) in [6.45, 7) is 5.89. The molecule has 7 nitrogen and oxygen atoms in total. The van der Waals surface area contributed by atoms with Crippen molar-refractivity contribution in [3.8, 4) is 11.1 Å². The molecule has 1 saturated heterocycles. The second kappa shape index (κ2) is 7.67. The van der Waals surface area contributed by atoms with E-state index in [-0.39, 0.29) is 11.9 Å². The Morgan fingerprint density at radius 3 is 2.52 bits per heavy atom. The van der Waals surface area contributed by atoms with Crippen molar-refractivity contribution >= 4 is 11.4 Å². The van der Waals surface area contributed by atoms with Crippen molar-refractivity contribution in [2.24, 2.45) is 0 Å². The Morgan fingerprint density at radius 2 is 1.77 bits per heavy atom. The first kappa shape index (κ1) is 19.5. The summed E-state index contributed by atoms with van der Waals surface area (Å²) in [6.07, 6.45) is 2.01. The largest absolute Gasteiger partial charge is 0.456 e. The zero-order valence-corrected chi connectivity index (χ0v) is 17.9. The topological polar surface area (TPSA) is 66.9 Å². The van der Waals surface area contributed by atoms with Gasteiger partial charge in [0.15, 0.2) is 5.76 Å². The van der Waals surface area contributed by atoms with Crippen molar-refractivity contribution in [3.63, 3.8) is 0 Å². The first-order valence-corrected chi connectivity index (χ1v) is 10.5. The van der Waals surface area contributed by atoms with Crippen LogP contribution in [0.4, 0.5) is 0 Å². The van der Waals surface area contributed by atoms with E-state index in [9.17, 15) is 4.79 Å². The Hall–Kier alpha value is -3.45. The third-order valence-electron chi connectivity index (χ3n) is 6.03. The van der Waals surface area contributed by atoms with Gasteiger partial charge in [0.2, 0.25) is 0 Å². The van der Waals surface area contributed by atoms with Gasteiger partial charge in [-0.1, -0.05) is 41.1 Å². The number of furan rings is 1. The monoisotopic (exact) mass is 415 g/mol. The van der Waals surface area contributed by atoms with Gasteiger partial charge in [0, 0.05) is 31.4 Å². The highest BCUT2D eigenvalue weighted by atomic mass is 16.3. The lowest BCUT2D eigenvalue weighted by Crippen LogP contribution is -2.49. The lowest BCUT2D eigenvalue weighted by Gasteiger charge is -2.38. The molecule has 0 radical (unpaired) electrons. The molecule has 0 saturated carbocycles. The summed E-state index contributed by atoms with van der Waals surface area (Å²) in [5.74, 6) is 1.04. The molecule has 7 heteroatoms. The Balaban J connectivity index is 1.43. The minimum atomic E-state index is -0.0793. The van der Waals surface area contributed by atoms with Crippen molar-refractivity contribution in [2.45, 2.75) is 19.9 Å². The van der Waals surface area contributed by atoms with Gasteiger partial charge >= 0.3 is 0 Å². The summed E-state index contributed by atoms with van der Waals surface area (Å²) in [4.78, 5) is 17.0. The summed E-state index contributed by atoms with van der Waals surface area (Å²) < 4.78 is 7.38. The highest BCUT2D eigenvalue weighted by Gasteiger charge is 2.32. The number of aromatic nitrogens is 3. The molecular formula is C24H25N5O2. The zero-order chi connectivity index (χ0) is 21.5. The Morgan fingerprint density at radius 1 is 1.00 bits per heavy atom. The molecular weight excluding hydrogens is 390 g/mol. The average molecular weight is 415 g/mol. The maximum Gasteiger partial charge on any atom is 0.289 e. The minimum absolute atomic E-state index is 0.0310. The van der Waals surface area contributed by atoms with Gasteiger partial charge in [-0.3, -0.25) is 9.69 Å². The number of fused-ring (bicyclic) bond motifs is 1. The number of carbonyl (C=O) groups excluding carboxylic acids is 1. The van der Waals surface area contributed by atoms with Crippen LogP contribution in [0.1, 0.15) is 33.6 Å². The molecule has 0 bridgehead atoms. The van der Waals surface area contributed by atoms with Crippen molar-refractivity contribution in [1.82, 2.24) is 24.6 Å². The molecule has 158 valence electrons. The molecule has 0 spiro atoms. The number of benzene rings is 1. The van der Waals surface area contributed by atoms with E-state index in [4.69, 9.17) is 4.42 Å². The lowest BCUT2D eigenvalue weighted by molar-refractivity contribution is 0.0512. The molecule has 1 amide bonds. The van der Waals surface area contributed by atoms with E-state index in [0.717, 1.165) is 34.6 Å². The number of carbonyl (C=O) groups is 1. The van der Waals surface area contributed by atoms with Gasteiger partial charge < -0.3 is 9.32 Å². The third-order valence-corrected chi connectivity index (χ3v) is 6.03. The minimum Gasteiger partial charge on any atom is -0.456 e. The quantitative estimate of drug-likeness (QED) is 0.510. The molecule has 4 aromatic rings. The van der Waals surface area contributed by atoms with E-state index in [1.54, 1.807) is 6.07 Å².